The lowest BCUT2D eigenvalue weighted by atomic mass is 10.1. The van der Waals surface area contributed by atoms with Gasteiger partial charge in [-0.2, -0.15) is 0 Å². The van der Waals surface area contributed by atoms with Crippen LogP contribution in [-0.4, -0.2) is 31.2 Å². The predicted octanol–water partition coefficient (Wildman–Crippen LogP) is 3.59. The second kappa shape index (κ2) is 9.19. The van der Waals surface area contributed by atoms with E-state index in [0.717, 1.165) is 17.0 Å². The summed E-state index contributed by atoms with van der Waals surface area (Å²) in [6.45, 7) is 2.46. The van der Waals surface area contributed by atoms with Crippen molar-refractivity contribution in [2.75, 3.05) is 11.1 Å². The average Bonchev–Trinajstić information content (AvgIpc) is 3.28. The Hall–Kier alpha value is -3.04. The van der Waals surface area contributed by atoms with Crippen molar-refractivity contribution < 1.29 is 4.79 Å². The highest BCUT2D eigenvalue weighted by molar-refractivity contribution is 7.99. The summed E-state index contributed by atoms with van der Waals surface area (Å²) in [5, 5.41) is 5.28. The van der Waals surface area contributed by atoms with E-state index in [1.165, 1.54) is 29.7 Å². The Labute approximate surface area is 181 Å². The molecule has 0 unspecified atom stereocenters. The molecule has 1 N–H and O–H groups in total. The Kier molecular flexibility index (Phi) is 6.20. The van der Waals surface area contributed by atoms with E-state index in [4.69, 9.17) is 0 Å². The lowest BCUT2D eigenvalue weighted by Crippen LogP contribution is -2.25. The summed E-state index contributed by atoms with van der Waals surface area (Å²) in [5.74, 6) is -0.0431. The average molecular weight is 438 g/mol. The first-order valence-corrected chi connectivity index (χ1v) is 11.3. The number of aromatic nitrogens is 4. The van der Waals surface area contributed by atoms with Gasteiger partial charge >= 0.3 is 0 Å². The maximum absolute atomic E-state index is 13.0. The molecule has 3 aromatic heterocycles. The van der Waals surface area contributed by atoms with Crippen LogP contribution in [0, 0.1) is 0 Å². The smallest absolute Gasteiger partial charge is 0.282 e. The van der Waals surface area contributed by atoms with Gasteiger partial charge in [-0.25, -0.2) is 15.0 Å². The van der Waals surface area contributed by atoms with Gasteiger partial charge < -0.3 is 5.32 Å². The van der Waals surface area contributed by atoms with Crippen LogP contribution in [0.15, 0.2) is 64.1 Å². The van der Waals surface area contributed by atoms with E-state index in [-0.39, 0.29) is 28.4 Å². The van der Waals surface area contributed by atoms with Crippen LogP contribution in [0.25, 0.3) is 11.2 Å². The molecule has 3 heterocycles. The SMILES string of the molecule is CCc1ccc(NC(=O)CSc2nc3nccnc3c(=O)n2Cc2cccs2)cc1. The summed E-state index contributed by atoms with van der Waals surface area (Å²) in [6.07, 6.45) is 3.92. The Morgan fingerprint density at radius 1 is 1.17 bits per heavy atom. The van der Waals surface area contributed by atoms with Crippen molar-refractivity contribution in [3.63, 3.8) is 0 Å². The Morgan fingerprint density at radius 2 is 1.97 bits per heavy atom. The first-order valence-electron chi connectivity index (χ1n) is 9.39. The van der Waals surface area contributed by atoms with Crippen molar-refractivity contribution in [1.82, 2.24) is 19.5 Å². The molecule has 30 heavy (non-hydrogen) atoms. The Balaban J connectivity index is 1.56. The molecule has 0 aliphatic heterocycles. The molecule has 0 saturated carbocycles. The van der Waals surface area contributed by atoms with Gasteiger partial charge in [0.15, 0.2) is 16.3 Å². The summed E-state index contributed by atoms with van der Waals surface area (Å²) in [4.78, 5) is 39.2. The molecule has 0 spiro atoms. The molecule has 1 amide bonds. The molecule has 0 bridgehead atoms. The van der Waals surface area contributed by atoms with Gasteiger partial charge in [-0.15, -0.1) is 11.3 Å². The third-order valence-corrected chi connectivity index (χ3v) is 6.27. The van der Waals surface area contributed by atoms with Gasteiger partial charge in [-0.3, -0.25) is 14.2 Å². The zero-order chi connectivity index (χ0) is 20.9. The molecule has 0 aliphatic rings. The summed E-state index contributed by atoms with van der Waals surface area (Å²) < 4.78 is 1.55. The van der Waals surface area contributed by atoms with Crippen molar-refractivity contribution in [2.24, 2.45) is 0 Å². The highest BCUT2D eigenvalue weighted by atomic mass is 32.2. The van der Waals surface area contributed by atoms with Crippen LogP contribution in [0.5, 0.6) is 0 Å². The van der Waals surface area contributed by atoms with Gasteiger partial charge in [0.2, 0.25) is 5.91 Å². The number of fused-ring (bicyclic) bond motifs is 1. The van der Waals surface area contributed by atoms with Crippen LogP contribution in [0.4, 0.5) is 5.69 Å². The van der Waals surface area contributed by atoms with Crippen molar-refractivity contribution in [3.05, 3.63) is 75.0 Å². The van der Waals surface area contributed by atoms with Crippen molar-refractivity contribution in [1.29, 1.82) is 0 Å². The van der Waals surface area contributed by atoms with Crippen LogP contribution >= 0.6 is 23.1 Å². The largest absolute Gasteiger partial charge is 0.325 e. The number of carbonyl (C=O) groups is 1. The number of nitrogens with one attached hydrogen (secondary N) is 1. The molecule has 4 aromatic rings. The van der Waals surface area contributed by atoms with E-state index in [2.05, 4.69) is 27.2 Å². The standard InChI is InChI=1S/C21H19N5O2S2/c1-2-14-5-7-15(8-6-14)24-17(27)13-30-21-25-19-18(22-9-10-23-19)20(28)26(21)12-16-4-3-11-29-16/h3-11H,2,12-13H2,1H3,(H,24,27). The Morgan fingerprint density at radius 3 is 2.70 bits per heavy atom. The first kappa shape index (κ1) is 20.2. The number of aryl methyl sites for hydroxylation is 1. The minimum absolute atomic E-state index is 0.123. The van der Waals surface area contributed by atoms with Gasteiger partial charge in [0.25, 0.3) is 5.56 Å². The van der Waals surface area contributed by atoms with E-state index < -0.39 is 0 Å². The van der Waals surface area contributed by atoms with Crippen LogP contribution in [0.1, 0.15) is 17.4 Å². The van der Waals surface area contributed by atoms with Crippen molar-refractivity contribution in [3.8, 4) is 0 Å². The van der Waals surface area contributed by atoms with Crippen molar-refractivity contribution >= 4 is 45.9 Å². The Bertz CT molecular complexity index is 1220. The molecule has 0 fully saturated rings. The van der Waals surface area contributed by atoms with Gasteiger partial charge in [0, 0.05) is 23.0 Å². The van der Waals surface area contributed by atoms with E-state index in [1.807, 2.05) is 41.8 Å². The van der Waals surface area contributed by atoms with Gasteiger partial charge in [0.1, 0.15) is 0 Å². The van der Waals surface area contributed by atoms with E-state index in [1.54, 1.807) is 15.9 Å². The number of hydrogen-bond donors (Lipinski definition) is 1. The predicted molar refractivity (Wildman–Crippen MR) is 120 cm³/mol. The second-order valence-corrected chi connectivity index (χ2v) is 8.46. The number of carbonyl (C=O) groups excluding carboxylic acids is 1. The van der Waals surface area contributed by atoms with Gasteiger partial charge in [-0.05, 0) is 35.6 Å². The summed E-state index contributed by atoms with van der Waals surface area (Å²) in [7, 11) is 0. The number of anilines is 1. The second-order valence-electron chi connectivity index (χ2n) is 6.48. The van der Waals surface area contributed by atoms with Crippen LogP contribution in [0.2, 0.25) is 0 Å². The molecule has 7 nitrogen and oxygen atoms in total. The van der Waals surface area contributed by atoms with E-state index in [0.29, 0.717) is 11.7 Å². The quantitative estimate of drug-likeness (QED) is 0.351. The summed E-state index contributed by atoms with van der Waals surface area (Å²) >= 11 is 2.77. The topological polar surface area (TPSA) is 89.8 Å². The molecule has 0 atom stereocenters. The molecule has 0 aliphatic carbocycles. The number of thioether (sulfide) groups is 1. The molecule has 0 radical (unpaired) electrons. The number of benzene rings is 1. The highest BCUT2D eigenvalue weighted by Crippen LogP contribution is 2.20. The summed E-state index contributed by atoms with van der Waals surface area (Å²) in [5.41, 5.74) is 2.19. The van der Waals surface area contributed by atoms with Gasteiger partial charge in [-0.1, -0.05) is 36.9 Å². The minimum atomic E-state index is -0.264. The molecule has 4 rings (SSSR count). The normalized spacial score (nSPS) is 11.0. The zero-order valence-electron chi connectivity index (χ0n) is 16.2. The molecular weight excluding hydrogens is 418 g/mol. The maximum atomic E-state index is 13.0. The lowest BCUT2D eigenvalue weighted by Gasteiger charge is -2.12. The van der Waals surface area contributed by atoms with E-state index >= 15 is 0 Å². The fourth-order valence-corrected chi connectivity index (χ4v) is 4.37. The number of amides is 1. The summed E-state index contributed by atoms with van der Waals surface area (Å²) in [6, 6.07) is 11.6. The molecular formula is C21H19N5O2S2. The van der Waals surface area contributed by atoms with Crippen molar-refractivity contribution in [2.45, 2.75) is 25.0 Å². The minimum Gasteiger partial charge on any atom is -0.325 e. The zero-order valence-corrected chi connectivity index (χ0v) is 17.9. The number of rotatable bonds is 7. The fraction of sp³-hybridized carbons (Fsp3) is 0.190. The van der Waals surface area contributed by atoms with Crippen LogP contribution < -0.4 is 10.9 Å². The highest BCUT2D eigenvalue weighted by Gasteiger charge is 2.15. The fourth-order valence-electron chi connectivity index (χ4n) is 2.89. The van der Waals surface area contributed by atoms with Gasteiger partial charge in [0.05, 0.1) is 12.3 Å². The molecule has 1 aromatic carbocycles. The molecule has 9 heteroatoms. The number of nitrogens with zero attached hydrogens (tertiary/aromatic N) is 4. The molecule has 0 saturated heterocycles. The van der Waals surface area contributed by atoms with Crippen LogP contribution in [0.3, 0.4) is 0 Å². The number of thiophene rings is 1. The third-order valence-electron chi connectivity index (χ3n) is 4.43. The van der Waals surface area contributed by atoms with Crippen LogP contribution in [-0.2, 0) is 17.8 Å². The maximum Gasteiger partial charge on any atom is 0.282 e. The lowest BCUT2D eigenvalue weighted by molar-refractivity contribution is -0.113. The number of hydrogen-bond acceptors (Lipinski definition) is 7. The monoisotopic (exact) mass is 437 g/mol. The third kappa shape index (κ3) is 4.58. The van der Waals surface area contributed by atoms with E-state index in [9.17, 15) is 9.59 Å². The molecule has 152 valence electrons. The first-order chi connectivity index (χ1) is 14.6.